The maximum Gasteiger partial charge on any atom is 0.433 e. The molecule has 0 bridgehead atoms. The monoisotopic (exact) mass is 292 g/mol. The number of halogens is 3. The van der Waals surface area contributed by atoms with Crippen molar-refractivity contribution >= 4 is 17.7 Å². The molecule has 1 aliphatic carbocycles. The molecule has 0 N–H and O–H groups in total. The van der Waals surface area contributed by atoms with E-state index >= 15 is 0 Å². The van der Waals surface area contributed by atoms with Crippen molar-refractivity contribution in [2.24, 2.45) is 0 Å². The fraction of sp³-hybridized carbons (Fsp3) is 0.545. The van der Waals surface area contributed by atoms with Crippen LogP contribution in [0.4, 0.5) is 13.2 Å². The molecular formula is C11H11F3N2O2S. The Labute approximate surface area is 111 Å². The van der Waals surface area contributed by atoms with Gasteiger partial charge in [0.1, 0.15) is 0 Å². The van der Waals surface area contributed by atoms with E-state index in [4.69, 9.17) is 0 Å². The molecule has 0 saturated carbocycles. The van der Waals surface area contributed by atoms with E-state index in [1.54, 1.807) is 0 Å². The highest BCUT2D eigenvalue weighted by Gasteiger charge is 2.38. The van der Waals surface area contributed by atoms with E-state index in [-0.39, 0.29) is 16.5 Å². The second-order valence-corrected chi connectivity index (χ2v) is 4.94. The third-order valence-electron chi connectivity index (χ3n) is 2.73. The molecule has 4 nitrogen and oxygen atoms in total. The van der Waals surface area contributed by atoms with Gasteiger partial charge in [-0.05, 0) is 19.3 Å². The average molecular weight is 292 g/mol. The van der Waals surface area contributed by atoms with Gasteiger partial charge >= 0.3 is 12.1 Å². The van der Waals surface area contributed by atoms with Crippen LogP contribution in [0.15, 0.2) is 5.16 Å². The van der Waals surface area contributed by atoms with Gasteiger partial charge in [-0.1, -0.05) is 11.8 Å². The van der Waals surface area contributed by atoms with Gasteiger partial charge in [0.05, 0.1) is 12.9 Å². The maximum atomic E-state index is 12.9. The zero-order valence-electron chi connectivity index (χ0n) is 10.1. The topological polar surface area (TPSA) is 52.1 Å². The molecule has 0 unspecified atom stereocenters. The first-order valence-corrected chi connectivity index (χ1v) is 6.57. The first-order chi connectivity index (χ1) is 8.91. The summed E-state index contributed by atoms with van der Waals surface area (Å²) in [5.74, 6) is -0.630. The summed E-state index contributed by atoms with van der Waals surface area (Å²) in [6.45, 7) is 0. The minimum atomic E-state index is -4.49. The Hall–Kier alpha value is -1.31. The number of carbonyl (C=O) groups is 1. The number of alkyl halides is 3. The van der Waals surface area contributed by atoms with E-state index in [9.17, 15) is 18.0 Å². The van der Waals surface area contributed by atoms with Crippen LogP contribution >= 0.6 is 11.8 Å². The Morgan fingerprint density at radius 3 is 2.74 bits per heavy atom. The van der Waals surface area contributed by atoms with Crippen molar-refractivity contribution in [2.45, 2.75) is 30.6 Å². The Morgan fingerprint density at radius 1 is 1.37 bits per heavy atom. The fourth-order valence-corrected chi connectivity index (χ4v) is 2.59. The number of esters is 1. The van der Waals surface area contributed by atoms with E-state index in [2.05, 4.69) is 14.7 Å². The van der Waals surface area contributed by atoms with Crippen LogP contribution in [-0.4, -0.2) is 28.8 Å². The quantitative estimate of drug-likeness (QED) is 0.486. The van der Waals surface area contributed by atoms with Crippen LogP contribution in [0.25, 0.3) is 0 Å². The molecular weight excluding hydrogens is 281 g/mol. The van der Waals surface area contributed by atoms with E-state index in [1.165, 1.54) is 7.11 Å². The van der Waals surface area contributed by atoms with Gasteiger partial charge in [-0.2, -0.15) is 13.2 Å². The largest absolute Gasteiger partial charge is 0.468 e. The van der Waals surface area contributed by atoms with Gasteiger partial charge in [0.2, 0.25) is 0 Å². The van der Waals surface area contributed by atoms with Crippen molar-refractivity contribution in [3.05, 3.63) is 17.0 Å². The Morgan fingerprint density at radius 2 is 2.11 bits per heavy atom. The standard InChI is InChI=1S/C11H11F3N2O2S/c1-18-8(17)5-19-10-15-7-4-2-3-6(7)9(16-10)11(12,13)14/h2-5H2,1H3. The normalized spacial score (nSPS) is 14.3. The maximum absolute atomic E-state index is 12.9. The van der Waals surface area contributed by atoms with Crippen molar-refractivity contribution in [3.63, 3.8) is 0 Å². The Kier molecular flexibility index (Phi) is 3.98. The van der Waals surface area contributed by atoms with E-state index < -0.39 is 17.8 Å². The summed E-state index contributed by atoms with van der Waals surface area (Å²) in [6.07, 6.45) is -2.96. The zero-order valence-corrected chi connectivity index (χ0v) is 10.9. The molecule has 1 aliphatic rings. The van der Waals surface area contributed by atoms with Crippen LogP contribution in [0, 0.1) is 0 Å². The summed E-state index contributed by atoms with van der Waals surface area (Å²) in [4.78, 5) is 18.6. The summed E-state index contributed by atoms with van der Waals surface area (Å²) < 4.78 is 43.1. The molecule has 0 atom stereocenters. The van der Waals surface area contributed by atoms with Gasteiger partial charge in [-0.25, -0.2) is 9.97 Å². The summed E-state index contributed by atoms with van der Waals surface area (Å²) >= 11 is 0.853. The second kappa shape index (κ2) is 5.36. The highest BCUT2D eigenvalue weighted by molar-refractivity contribution is 7.99. The van der Waals surface area contributed by atoms with Crippen LogP contribution in [-0.2, 0) is 28.5 Å². The Balaban J connectivity index is 2.29. The first-order valence-electron chi connectivity index (χ1n) is 5.58. The predicted molar refractivity (Wildman–Crippen MR) is 61.8 cm³/mol. The molecule has 0 spiro atoms. The second-order valence-electron chi connectivity index (χ2n) is 4.00. The predicted octanol–water partition coefficient (Wildman–Crippen LogP) is 2.25. The molecule has 0 fully saturated rings. The van der Waals surface area contributed by atoms with Crippen molar-refractivity contribution in [1.29, 1.82) is 0 Å². The lowest BCUT2D eigenvalue weighted by Crippen LogP contribution is -2.14. The van der Waals surface area contributed by atoms with Crippen LogP contribution < -0.4 is 0 Å². The number of thioether (sulfide) groups is 1. The third kappa shape index (κ3) is 3.17. The fourth-order valence-electron chi connectivity index (χ4n) is 1.89. The van der Waals surface area contributed by atoms with Gasteiger partial charge in [0, 0.05) is 11.3 Å². The molecule has 1 aromatic rings. The van der Waals surface area contributed by atoms with Gasteiger partial charge in [0.25, 0.3) is 0 Å². The molecule has 104 valence electrons. The lowest BCUT2D eigenvalue weighted by atomic mass is 10.2. The first kappa shape index (κ1) is 14.1. The van der Waals surface area contributed by atoms with Crippen LogP contribution in [0.3, 0.4) is 0 Å². The van der Waals surface area contributed by atoms with Gasteiger partial charge in [-0.3, -0.25) is 4.79 Å². The van der Waals surface area contributed by atoms with Crippen molar-refractivity contribution in [1.82, 2.24) is 9.97 Å². The number of aromatic nitrogens is 2. The zero-order chi connectivity index (χ0) is 14.0. The minimum Gasteiger partial charge on any atom is -0.468 e. The number of aryl methyl sites for hydroxylation is 1. The number of carbonyl (C=O) groups excluding carboxylic acids is 1. The van der Waals surface area contributed by atoms with Crippen LogP contribution in [0.5, 0.6) is 0 Å². The lowest BCUT2D eigenvalue weighted by Gasteiger charge is -2.12. The van der Waals surface area contributed by atoms with Crippen molar-refractivity contribution in [3.8, 4) is 0 Å². The molecule has 1 heterocycles. The molecule has 0 radical (unpaired) electrons. The molecule has 2 rings (SSSR count). The highest BCUT2D eigenvalue weighted by atomic mass is 32.2. The number of methoxy groups -OCH3 is 1. The third-order valence-corrected chi connectivity index (χ3v) is 3.55. The van der Waals surface area contributed by atoms with E-state index in [0.29, 0.717) is 25.0 Å². The number of nitrogens with zero attached hydrogens (tertiary/aromatic N) is 2. The summed E-state index contributed by atoms with van der Waals surface area (Å²) in [5, 5.41) is -0.0293. The summed E-state index contributed by atoms with van der Waals surface area (Å²) in [5.41, 5.74) is -0.244. The van der Waals surface area contributed by atoms with E-state index in [0.717, 1.165) is 11.8 Å². The number of hydrogen-bond donors (Lipinski definition) is 0. The summed E-state index contributed by atoms with van der Waals surface area (Å²) in [7, 11) is 1.22. The van der Waals surface area contributed by atoms with Crippen molar-refractivity contribution in [2.75, 3.05) is 12.9 Å². The Bertz CT molecular complexity index is 505. The molecule has 0 aliphatic heterocycles. The molecule has 1 aromatic heterocycles. The smallest absolute Gasteiger partial charge is 0.433 e. The number of fused-ring (bicyclic) bond motifs is 1. The van der Waals surface area contributed by atoms with Crippen molar-refractivity contribution < 1.29 is 22.7 Å². The number of ether oxygens (including phenoxy) is 1. The molecule has 8 heteroatoms. The number of hydrogen-bond acceptors (Lipinski definition) is 5. The average Bonchev–Trinajstić information content (AvgIpc) is 2.81. The molecule has 0 saturated heterocycles. The minimum absolute atomic E-state index is 0.0293. The highest BCUT2D eigenvalue weighted by Crippen LogP contribution is 2.36. The van der Waals surface area contributed by atoms with E-state index in [1.807, 2.05) is 0 Å². The van der Waals surface area contributed by atoms with Crippen LogP contribution in [0.1, 0.15) is 23.4 Å². The number of rotatable bonds is 3. The molecule has 0 aromatic carbocycles. The van der Waals surface area contributed by atoms with Gasteiger partial charge < -0.3 is 4.74 Å². The molecule has 0 amide bonds. The van der Waals surface area contributed by atoms with Gasteiger partial charge in [-0.15, -0.1) is 0 Å². The van der Waals surface area contributed by atoms with Crippen LogP contribution in [0.2, 0.25) is 0 Å². The SMILES string of the molecule is COC(=O)CSc1nc2c(c(C(F)(F)F)n1)CCC2. The molecule has 19 heavy (non-hydrogen) atoms. The summed E-state index contributed by atoms with van der Waals surface area (Å²) in [6, 6.07) is 0. The lowest BCUT2D eigenvalue weighted by molar-refractivity contribution is -0.142. The van der Waals surface area contributed by atoms with Gasteiger partial charge in [0.15, 0.2) is 10.9 Å².